The molecule has 2 aliphatic heterocycles. The highest BCUT2D eigenvalue weighted by Crippen LogP contribution is 2.66. The van der Waals surface area contributed by atoms with Crippen LogP contribution in [0.3, 0.4) is 0 Å². The predicted octanol–water partition coefficient (Wildman–Crippen LogP) is 5.22. The van der Waals surface area contributed by atoms with Crippen LogP contribution in [-0.4, -0.2) is 57.6 Å². The van der Waals surface area contributed by atoms with E-state index in [2.05, 4.69) is 0 Å². The van der Waals surface area contributed by atoms with Crippen molar-refractivity contribution in [3.8, 4) is 17.2 Å². The summed E-state index contributed by atoms with van der Waals surface area (Å²) >= 11 is 14.8. The molecule has 0 aromatic heterocycles. The fraction of sp³-hybridized carbons (Fsp3) is 0.294. The number of rotatable bonds is 6. The number of benzene rings is 3. The smallest absolute Gasteiger partial charge is 0.269 e. The first-order valence-corrected chi connectivity index (χ1v) is 15.8. The van der Waals surface area contributed by atoms with Gasteiger partial charge >= 0.3 is 0 Å². The molecule has 252 valence electrons. The van der Waals surface area contributed by atoms with Crippen LogP contribution in [0.4, 0.5) is 21.5 Å². The molecule has 0 bridgehead atoms. The molecular weight excluding hydrogens is 684 g/mol. The Morgan fingerprint density at radius 3 is 2.02 bits per heavy atom. The number of ether oxygens (including phenoxy) is 2. The first-order valence-electron chi connectivity index (χ1n) is 15.1. The molecule has 3 aromatic rings. The van der Waals surface area contributed by atoms with Gasteiger partial charge < -0.3 is 14.6 Å². The molecule has 12 nitrogen and oxygen atoms in total. The first kappa shape index (κ1) is 32.5. The van der Waals surface area contributed by atoms with Crippen LogP contribution < -0.4 is 19.3 Å². The number of carbonyl (C=O) groups is 4. The third-order valence-corrected chi connectivity index (χ3v) is 11.5. The number of amides is 4. The Morgan fingerprint density at radius 2 is 1.45 bits per heavy atom. The van der Waals surface area contributed by atoms with E-state index in [1.54, 1.807) is 6.08 Å². The molecule has 6 atom stereocenters. The molecule has 49 heavy (non-hydrogen) atoms. The maximum absolute atomic E-state index is 14.5. The molecular formula is C34H26Cl2FN3O9. The van der Waals surface area contributed by atoms with Crippen LogP contribution in [-0.2, 0) is 19.2 Å². The Morgan fingerprint density at radius 1 is 0.878 bits per heavy atom. The van der Waals surface area contributed by atoms with Crippen molar-refractivity contribution in [1.29, 1.82) is 0 Å². The van der Waals surface area contributed by atoms with Gasteiger partial charge in [-0.1, -0.05) is 11.6 Å². The monoisotopic (exact) mass is 709 g/mol. The third-order valence-electron chi connectivity index (χ3n) is 10.1. The van der Waals surface area contributed by atoms with Crippen molar-refractivity contribution in [2.24, 2.45) is 17.8 Å². The van der Waals surface area contributed by atoms with E-state index in [9.17, 15) is 38.8 Å². The number of anilines is 2. The lowest BCUT2D eigenvalue weighted by Gasteiger charge is -2.50. The zero-order valence-electron chi connectivity index (χ0n) is 25.8. The molecule has 0 unspecified atom stereocenters. The topological polar surface area (TPSA) is 157 Å². The summed E-state index contributed by atoms with van der Waals surface area (Å²) in [6.07, 6.45) is 1.48. The summed E-state index contributed by atoms with van der Waals surface area (Å²) in [6, 6.07) is 12.5. The summed E-state index contributed by atoms with van der Waals surface area (Å²) in [4.78, 5) is 65.0. The molecule has 2 heterocycles. The van der Waals surface area contributed by atoms with Crippen molar-refractivity contribution in [2.75, 3.05) is 24.0 Å². The number of nitrogens with zero attached hydrogens (tertiary/aromatic N) is 3. The van der Waals surface area contributed by atoms with Crippen molar-refractivity contribution in [1.82, 2.24) is 0 Å². The minimum absolute atomic E-state index is 0.0248. The number of non-ortho nitro benzene ring substituents is 1. The molecule has 1 saturated carbocycles. The summed E-state index contributed by atoms with van der Waals surface area (Å²) in [5.74, 6) is -7.93. The molecule has 3 aromatic carbocycles. The Kier molecular flexibility index (Phi) is 7.49. The zero-order chi connectivity index (χ0) is 35.2. The van der Waals surface area contributed by atoms with E-state index in [1.807, 2.05) is 0 Å². The number of carbonyl (C=O) groups excluding carboxylic acids is 4. The number of phenolic OH excluding ortho intramolecular Hbond substituents is 1. The highest BCUT2D eigenvalue weighted by molar-refractivity contribution is 6.58. The number of methoxy groups -OCH3 is 2. The van der Waals surface area contributed by atoms with E-state index in [1.165, 1.54) is 62.8 Å². The van der Waals surface area contributed by atoms with Gasteiger partial charge in [-0.15, -0.1) is 23.2 Å². The van der Waals surface area contributed by atoms with Crippen LogP contribution in [0, 0.1) is 33.7 Å². The second-order valence-corrected chi connectivity index (χ2v) is 13.6. The summed E-state index contributed by atoms with van der Waals surface area (Å²) in [5.41, 5.74) is 0.676. The van der Waals surface area contributed by atoms with Gasteiger partial charge in [-0.2, -0.15) is 0 Å². The molecule has 0 radical (unpaired) electrons. The number of nitro benzene ring substituents is 1. The predicted molar refractivity (Wildman–Crippen MR) is 173 cm³/mol. The maximum atomic E-state index is 14.5. The van der Waals surface area contributed by atoms with Crippen molar-refractivity contribution in [2.45, 2.75) is 28.5 Å². The number of hydrogen-bond acceptors (Lipinski definition) is 9. The standard InChI is InChI=1S/C34H26Cl2FN3O9/c1-48-24-13-16(14-25(49-2)28(24)41)27-21-11-12-22-26(30(43)38(29(22)42)18-7-9-20(10-8-18)40(46)47)23(21)15-33(35)31(44)39(32(45)34(27,33)36)19-5-3-17(37)4-6-19/h3-11,13-14,22-23,26-27,41H,12,15H2,1-2H3/t22-,23+,26-,27-,33+,34-/m0/s1. The molecule has 2 saturated heterocycles. The van der Waals surface area contributed by atoms with Gasteiger partial charge in [-0.25, -0.2) is 9.29 Å². The lowest BCUT2D eigenvalue weighted by atomic mass is 9.56. The van der Waals surface area contributed by atoms with E-state index >= 15 is 0 Å². The third kappa shape index (κ3) is 4.41. The van der Waals surface area contributed by atoms with E-state index < -0.39 is 67.8 Å². The van der Waals surface area contributed by atoms with E-state index in [4.69, 9.17) is 32.7 Å². The molecule has 1 N–H and O–H groups in total. The highest BCUT2D eigenvalue weighted by atomic mass is 35.5. The number of halogens is 3. The number of fused-ring (bicyclic) bond motifs is 4. The van der Waals surface area contributed by atoms with Gasteiger partial charge in [0.15, 0.2) is 21.2 Å². The Hall–Kier alpha value is -5.01. The highest BCUT2D eigenvalue weighted by Gasteiger charge is 2.76. The van der Waals surface area contributed by atoms with E-state index in [0.717, 1.165) is 21.9 Å². The second-order valence-electron chi connectivity index (χ2n) is 12.3. The average molecular weight is 710 g/mol. The van der Waals surface area contributed by atoms with Crippen LogP contribution in [0.2, 0.25) is 0 Å². The van der Waals surface area contributed by atoms with Crippen molar-refractivity contribution < 1.29 is 43.1 Å². The number of nitro groups is 1. The van der Waals surface area contributed by atoms with Gasteiger partial charge in [-0.3, -0.25) is 34.2 Å². The Bertz CT molecular complexity index is 1980. The Balaban J connectivity index is 1.40. The minimum Gasteiger partial charge on any atom is -0.502 e. The summed E-state index contributed by atoms with van der Waals surface area (Å²) in [6.45, 7) is 0. The first-order chi connectivity index (χ1) is 23.3. The molecule has 4 amide bonds. The van der Waals surface area contributed by atoms with Crippen LogP contribution in [0.15, 0.2) is 72.3 Å². The number of allylic oxidation sites excluding steroid dienone is 2. The SMILES string of the molecule is COc1cc([C@H]2C3=CC[C@@H]4C(=O)N(c5ccc([N+](=O)[O-])cc5)C(=O)[C@@H]4[C@@H]3C[C@@]3(Cl)C(=O)N(c4ccc(F)cc4)C(=O)[C@@]23Cl)cc(OC)c1O. The van der Waals surface area contributed by atoms with Gasteiger partial charge in [0.25, 0.3) is 17.5 Å². The van der Waals surface area contributed by atoms with Crippen molar-refractivity contribution in [3.63, 3.8) is 0 Å². The van der Waals surface area contributed by atoms with Crippen LogP contribution >= 0.6 is 23.2 Å². The molecule has 4 aliphatic rings. The average Bonchev–Trinajstić information content (AvgIpc) is 3.43. The molecule has 2 aliphatic carbocycles. The second kappa shape index (κ2) is 11.3. The van der Waals surface area contributed by atoms with Gasteiger partial charge in [0.1, 0.15) is 5.82 Å². The molecule has 0 spiro atoms. The van der Waals surface area contributed by atoms with Crippen LogP contribution in [0.5, 0.6) is 17.2 Å². The van der Waals surface area contributed by atoms with Gasteiger partial charge in [0.05, 0.1) is 42.4 Å². The largest absolute Gasteiger partial charge is 0.502 e. The molecule has 3 fully saturated rings. The maximum Gasteiger partial charge on any atom is 0.269 e. The zero-order valence-corrected chi connectivity index (χ0v) is 27.3. The number of hydrogen-bond donors (Lipinski definition) is 1. The summed E-state index contributed by atoms with van der Waals surface area (Å²) < 4.78 is 24.7. The number of phenols is 1. The molecule has 15 heteroatoms. The Labute approximate surface area is 287 Å². The van der Waals surface area contributed by atoms with Gasteiger partial charge in [0.2, 0.25) is 17.6 Å². The van der Waals surface area contributed by atoms with Gasteiger partial charge in [-0.05, 0) is 72.9 Å². The van der Waals surface area contributed by atoms with E-state index in [-0.39, 0.29) is 52.7 Å². The quantitative estimate of drug-likeness (QED) is 0.119. The minimum atomic E-state index is -2.22. The van der Waals surface area contributed by atoms with E-state index in [0.29, 0.717) is 5.57 Å². The lowest BCUT2D eigenvalue weighted by molar-refractivity contribution is -0.384. The van der Waals surface area contributed by atoms with Crippen molar-refractivity contribution >= 4 is 63.9 Å². The van der Waals surface area contributed by atoms with Crippen molar-refractivity contribution in [3.05, 3.63) is 93.8 Å². The lowest BCUT2D eigenvalue weighted by Crippen LogP contribution is -2.60. The fourth-order valence-electron chi connectivity index (χ4n) is 7.83. The van der Waals surface area contributed by atoms with Gasteiger partial charge in [0, 0.05) is 18.1 Å². The summed E-state index contributed by atoms with van der Waals surface area (Å²) in [7, 11) is 2.62. The summed E-state index contributed by atoms with van der Waals surface area (Å²) in [5, 5.41) is 21.9. The fourth-order valence-corrected chi connectivity index (χ4v) is 8.77. The van der Waals surface area contributed by atoms with Crippen LogP contribution in [0.1, 0.15) is 24.3 Å². The molecule has 7 rings (SSSR count). The number of aromatic hydroxyl groups is 1. The normalized spacial score (nSPS) is 29.0. The number of alkyl halides is 2. The van der Waals surface area contributed by atoms with Crippen LogP contribution in [0.25, 0.3) is 0 Å². The number of imide groups is 2.